The molecule has 0 saturated heterocycles. The van der Waals surface area contributed by atoms with Crippen LogP contribution < -0.4 is 5.32 Å². The highest BCUT2D eigenvalue weighted by atomic mass is 16.6. The molecule has 1 atom stereocenters. The van der Waals surface area contributed by atoms with Crippen molar-refractivity contribution in [2.45, 2.75) is 156 Å². The first-order valence-corrected chi connectivity index (χ1v) is 14.4. The number of carbonyl (C=O) groups excluding carboxylic acids is 2. The maximum Gasteiger partial charge on any atom is 0.407 e. The van der Waals surface area contributed by atoms with E-state index in [-0.39, 0.29) is 11.4 Å². The second-order valence-electron chi connectivity index (χ2n) is 11.1. The predicted octanol–water partition coefficient (Wildman–Crippen LogP) is 8.73. The molecule has 1 amide bonds. The van der Waals surface area contributed by atoms with Crippen LogP contribution in [-0.4, -0.2) is 31.3 Å². The molecule has 5 heteroatoms. The van der Waals surface area contributed by atoms with Crippen molar-refractivity contribution in [2.24, 2.45) is 5.41 Å². The Hall–Kier alpha value is -1.26. The van der Waals surface area contributed by atoms with Gasteiger partial charge in [-0.3, -0.25) is 0 Å². The van der Waals surface area contributed by atoms with E-state index in [2.05, 4.69) is 12.2 Å². The molecule has 202 valence electrons. The van der Waals surface area contributed by atoms with E-state index >= 15 is 0 Å². The van der Waals surface area contributed by atoms with Crippen molar-refractivity contribution in [1.82, 2.24) is 5.32 Å². The van der Waals surface area contributed by atoms with E-state index < -0.39 is 12.1 Å². The molecule has 0 heterocycles. The molecule has 5 nitrogen and oxygen atoms in total. The summed E-state index contributed by atoms with van der Waals surface area (Å²) in [7, 11) is 0. The van der Waals surface area contributed by atoms with E-state index in [1.165, 1.54) is 89.9 Å². The van der Waals surface area contributed by atoms with Crippen LogP contribution >= 0.6 is 0 Å². The Kier molecular flexibility index (Phi) is 21.4. The third kappa shape index (κ3) is 22.5. The lowest BCUT2D eigenvalue weighted by molar-refractivity contribution is -0.146. The number of hydrogen-bond donors (Lipinski definition) is 1. The van der Waals surface area contributed by atoms with E-state index in [9.17, 15) is 9.59 Å². The maximum atomic E-state index is 12.3. The fourth-order valence-corrected chi connectivity index (χ4v) is 3.93. The van der Waals surface area contributed by atoms with Crippen LogP contribution in [0.3, 0.4) is 0 Å². The van der Waals surface area contributed by atoms with E-state index in [1.54, 1.807) is 0 Å². The molecule has 0 aliphatic rings. The number of nitrogens with one attached hydrogen (secondary N) is 1. The molecule has 1 unspecified atom stereocenters. The monoisotopic (exact) mass is 483 g/mol. The molecule has 0 aromatic rings. The number of ether oxygens (including phenoxy) is 2. The highest BCUT2D eigenvalue weighted by Gasteiger charge is 2.23. The van der Waals surface area contributed by atoms with Crippen LogP contribution in [-0.2, 0) is 14.3 Å². The number of hydrogen-bond acceptors (Lipinski definition) is 4. The molecule has 0 bridgehead atoms. The van der Waals surface area contributed by atoms with Gasteiger partial charge in [0.25, 0.3) is 0 Å². The molecule has 0 saturated carbocycles. The van der Waals surface area contributed by atoms with Crippen molar-refractivity contribution in [2.75, 3.05) is 13.2 Å². The first-order chi connectivity index (χ1) is 16.3. The van der Waals surface area contributed by atoms with E-state index in [0.29, 0.717) is 19.6 Å². The Balaban J connectivity index is 3.62. The molecule has 34 heavy (non-hydrogen) atoms. The summed E-state index contributed by atoms with van der Waals surface area (Å²) in [6.07, 6.45) is 21.9. The van der Waals surface area contributed by atoms with Crippen molar-refractivity contribution in [1.29, 1.82) is 0 Å². The van der Waals surface area contributed by atoms with Crippen LogP contribution in [0.1, 0.15) is 150 Å². The lowest BCUT2D eigenvalue weighted by atomic mass is 9.99. The quantitative estimate of drug-likeness (QED) is 0.123. The molecular weight excluding hydrogens is 426 g/mol. The molecular formula is C29H57NO4. The first-order valence-electron chi connectivity index (χ1n) is 14.4. The standard InChI is InChI=1S/C29H57NO4/c1-6-8-9-10-11-12-13-14-15-16-17-18-19-20-21-22-24-33-27(31)26(23-7-2)30-28(32)34-25-29(3,4)5/h26H,6-25H2,1-5H3,(H,30,32). The highest BCUT2D eigenvalue weighted by Crippen LogP contribution is 2.14. The Labute approximate surface area is 211 Å². The lowest BCUT2D eigenvalue weighted by Crippen LogP contribution is -2.42. The van der Waals surface area contributed by atoms with Crippen LogP contribution in [0.15, 0.2) is 0 Å². The van der Waals surface area contributed by atoms with Crippen LogP contribution in [0.4, 0.5) is 4.79 Å². The summed E-state index contributed by atoms with van der Waals surface area (Å²) in [5.74, 6) is -0.351. The molecule has 0 aromatic heterocycles. The van der Waals surface area contributed by atoms with Gasteiger partial charge < -0.3 is 14.8 Å². The second kappa shape index (κ2) is 22.2. The molecule has 0 fully saturated rings. The Morgan fingerprint density at radius 2 is 1.09 bits per heavy atom. The lowest BCUT2D eigenvalue weighted by Gasteiger charge is -2.20. The van der Waals surface area contributed by atoms with Gasteiger partial charge in [-0.2, -0.15) is 0 Å². The summed E-state index contributed by atoms with van der Waals surface area (Å²) >= 11 is 0. The number of esters is 1. The third-order valence-corrected chi connectivity index (χ3v) is 6.03. The van der Waals surface area contributed by atoms with Crippen molar-refractivity contribution >= 4 is 12.1 Å². The van der Waals surface area contributed by atoms with E-state index in [1.807, 2.05) is 27.7 Å². The zero-order valence-electron chi connectivity index (χ0n) is 23.4. The summed E-state index contributed by atoms with van der Waals surface area (Å²) in [4.78, 5) is 24.3. The number of carbonyl (C=O) groups is 2. The van der Waals surface area contributed by atoms with Gasteiger partial charge in [-0.25, -0.2) is 9.59 Å². The van der Waals surface area contributed by atoms with Gasteiger partial charge in [-0.1, -0.05) is 137 Å². The highest BCUT2D eigenvalue weighted by molar-refractivity contribution is 5.81. The average molecular weight is 484 g/mol. The topological polar surface area (TPSA) is 64.6 Å². The van der Waals surface area contributed by atoms with Crippen LogP contribution in [0.25, 0.3) is 0 Å². The minimum atomic E-state index is -0.626. The molecule has 0 aliphatic carbocycles. The van der Waals surface area contributed by atoms with Crippen LogP contribution in [0.2, 0.25) is 0 Å². The van der Waals surface area contributed by atoms with Crippen LogP contribution in [0.5, 0.6) is 0 Å². The zero-order valence-corrected chi connectivity index (χ0v) is 23.4. The molecule has 0 rings (SSSR count). The van der Waals surface area contributed by atoms with Crippen molar-refractivity contribution in [3.8, 4) is 0 Å². The first kappa shape index (κ1) is 32.7. The average Bonchev–Trinajstić information content (AvgIpc) is 2.79. The van der Waals surface area contributed by atoms with Gasteiger partial charge >= 0.3 is 12.1 Å². The van der Waals surface area contributed by atoms with Crippen molar-refractivity contribution in [3.05, 3.63) is 0 Å². The summed E-state index contributed by atoms with van der Waals surface area (Å²) in [6, 6.07) is -0.626. The summed E-state index contributed by atoms with van der Waals surface area (Å²) < 4.78 is 10.6. The molecule has 0 spiro atoms. The smallest absolute Gasteiger partial charge is 0.407 e. The molecule has 0 radical (unpaired) electrons. The number of amides is 1. The van der Waals surface area contributed by atoms with Gasteiger partial charge in [0, 0.05) is 0 Å². The fraction of sp³-hybridized carbons (Fsp3) is 0.931. The van der Waals surface area contributed by atoms with Gasteiger partial charge in [0.05, 0.1) is 13.2 Å². The van der Waals surface area contributed by atoms with Crippen LogP contribution in [0, 0.1) is 5.41 Å². The van der Waals surface area contributed by atoms with Crippen molar-refractivity contribution < 1.29 is 19.1 Å². The minimum Gasteiger partial charge on any atom is -0.464 e. The molecule has 0 aromatic carbocycles. The zero-order chi connectivity index (χ0) is 25.5. The van der Waals surface area contributed by atoms with E-state index in [4.69, 9.17) is 9.47 Å². The van der Waals surface area contributed by atoms with E-state index in [0.717, 1.165) is 19.3 Å². The summed E-state index contributed by atoms with van der Waals surface area (Å²) in [6.45, 7) is 11.0. The molecule has 1 N–H and O–H groups in total. The van der Waals surface area contributed by atoms with Gasteiger partial charge in [-0.05, 0) is 18.3 Å². The molecule has 0 aliphatic heterocycles. The van der Waals surface area contributed by atoms with Gasteiger partial charge in [0.15, 0.2) is 0 Å². The largest absolute Gasteiger partial charge is 0.464 e. The maximum absolute atomic E-state index is 12.3. The van der Waals surface area contributed by atoms with Gasteiger partial charge in [-0.15, -0.1) is 0 Å². The number of alkyl carbamates (subject to hydrolysis) is 1. The SMILES string of the molecule is CCCCCCCCCCCCCCCCCCOC(=O)C(CCC)NC(=O)OCC(C)(C)C. The van der Waals surface area contributed by atoms with Crippen molar-refractivity contribution in [3.63, 3.8) is 0 Å². The summed E-state index contributed by atoms with van der Waals surface area (Å²) in [5.41, 5.74) is -0.106. The minimum absolute atomic E-state index is 0.106. The Morgan fingerprint density at radius 3 is 1.50 bits per heavy atom. The number of unbranched alkanes of at least 4 members (excludes halogenated alkanes) is 15. The van der Waals surface area contributed by atoms with Gasteiger partial charge in [0.2, 0.25) is 0 Å². The van der Waals surface area contributed by atoms with Gasteiger partial charge in [0.1, 0.15) is 6.04 Å². The predicted molar refractivity (Wildman–Crippen MR) is 143 cm³/mol. The second-order valence-corrected chi connectivity index (χ2v) is 11.1. The number of rotatable bonds is 22. The summed E-state index contributed by atoms with van der Waals surface area (Å²) in [5, 5.41) is 2.66. The Bertz CT molecular complexity index is 487. The Morgan fingerprint density at radius 1 is 0.647 bits per heavy atom. The third-order valence-electron chi connectivity index (χ3n) is 6.03. The normalized spacial score (nSPS) is 12.4. The fourth-order valence-electron chi connectivity index (χ4n) is 3.93.